The summed E-state index contributed by atoms with van der Waals surface area (Å²) in [6.45, 7) is 0. The highest BCUT2D eigenvalue weighted by molar-refractivity contribution is 6.30. The summed E-state index contributed by atoms with van der Waals surface area (Å²) in [5.74, 6) is -0.663. The summed E-state index contributed by atoms with van der Waals surface area (Å²) >= 11 is 5.64. The Kier molecular flexibility index (Phi) is 3.38. The lowest BCUT2D eigenvalue weighted by molar-refractivity contribution is -0.385. The first-order valence-corrected chi connectivity index (χ1v) is 5.17. The van der Waals surface area contributed by atoms with Crippen molar-refractivity contribution in [2.45, 2.75) is 0 Å². The number of halogens is 2. The molecule has 1 aromatic heterocycles. The topological polar surface area (TPSA) is 65.3 Å². The average molecular weight is 269 g/mol. The lowest BCUT2D eigenvalue weighted by atomic mass is 10.3. The van der Waals surface area contributed by atoms with Gasteiger partial charge in [0, 0.05) is 12.3 Å². The molecule has 0 saturated heterocycles. The second-order valence-corrected chi connectivity index (χ2v) is 3.72. The fraction of sp³-hybridized carbons (Fsp3) is 0. The van der Waals surface area contributed by atoms with Gasteiger partial charge in [0.15, 0.2) is 0 Å². The number of rotatable bonds is 3. The molecule has 92 valence electrons. The van der Waals surface area contributed by atoms with Gasteiger partial charge in [0.25, 0.3) is 0 Å². The Balaban J connectivity index is 2.34. The van der Waals surface area contributed by atoms with E-state index in [1.54, 1.807) is 0 Å². The van der Waals surface area contributed by atoms with Crippen molar-refractivity contribution in [3.8, 4) is 11.6 Å². The van der Waals surface area contributed by atoms with Gasteiger partial charge in [-0.3, -0.25) is 10.1 Å². The molecule has 2 rings (SSSR count). The third-order valence-electron chi connectivity index (χ3n) is 2.03. The van der Waals surface area contributed by atoms with E-state index in [1.807, 2.05) is 0 Å². The van der Waals surface area contributed by atoms with Crippen molar-refractivity contribution in [1.82, 2.24) is 4.98 Å². The molecule has 0 radical (unpaired) electrons. The van der Waals surface area contributed by atoms with E-state index >= 15 is 0 Å². The molecule has 0 spiro atoms. The number of benzene rings is 1. The lowest BCUT2D eigenvalue weighted by Gasteiger charge is -2.05. The van der Waals surface area contributed by atoms with Crippen molar-refractivity contribution in [3.05, 3.63) is 57.5 Å². The highest BCUT2D eigenvalue weighted by atomic mass is 35.5. The number of nitro groups is 1. The van der Waals surface area contributed by atoms with Crippen LogP contribution in [0.4, 0.5) is 10.1 Å². The number of aromatic nitrogens is 1. The van der Waals surface area contributed by atoms with E-state index in [4.69, 9.17) is 16.3 Å². The van der Waals surface area contributed by atoms with Crippen LogP contribution in [0.15, 0.2) is 36.5 Å². The third-order valence-corrected chi connectivity index (χ3v) is 2.26. The summed E-state index contributed by atoms with van der Waals surface area (Å²) in [5, 5.41) is 11.1. The van der Waals surface area contributed by atoms with Crippen molar-refractivity contribution < 1.29 is 14.1 Å². The van der Waals surface area contributed by atoms with E-state index in [0.717, 1.165) is 12.1 Å². The van der Waals surface area contributed by atoms with Gasteiger partial charge in [-0.05, 0) is 18.2 Å². The minimum atomic E-state index is -0.728. The van der Waals surface area contributed by atoms with Crippen LogP contribution in [-0.2, 0) is 0 Å². The molecular formula is C11H6ClFN2O3. The SMILES string of the molecule is O=[N+]([O-])c1cc(F)ccc1Oc1ccc(Cl)cn1. The van der Waals surface area contributed by atoms with Crippen molar-refractivity contribution in [2.24, 2.45) is 0 Å². The Morgan fingerprint density at radius 3 is 2.72 bits per heavy atom. The monoisotopic (exact) mass is 268 g/mol. The molecule has 0 fully saturated rings. The molecule has 2 aromatic rings. The zero-order valence-corrected chi connectivity index (χ0v) is 9.60. The molecule has 0 saturated carbocycles. The van der Waals surface area contributed by atoms with Crippen LogP contribution in [0.1, 0.15) is 0 Å². The van der Waals surface area contributed by atoms with Crippen molar-refractivity contribution in [1.29, 1.82) is 0 Å². The number of pyridine rings is 1. The first kappa shape index (κ1) is 12.3. The zero-order valence-electron chi connectivity index (χ0n) is 8.84. The molecule has 1 aromatic carbocycles. The van der Waals surface area contributed by atoms with Crippen LogP contribution in [0.2, 0.25) is 5.02 Å². The molecule has 0 aliphatic rings. The van der Waals surface area contributed by atoms with Gasteiger partial charge in [-0.2, -0.15) is 0 Å². The summed E-state index contributed by atoms with van der Waals surface area (Å²) in [6.07, 6.45) is 1.34. The lowest BCUT2D eigenvalue weighted by Crippen LogP contribution is -1.95. The van der Waals surface area contributed by atoms with Crippen LogP contribution in [0.5, 0.6) is 11.6 Å². The predicted molar refractivity (Wildman–Crippen MR) is 62.4 cm³/mol. The van der Waals surface area contributed by atoms with Gasteiger partial charge in [-0.25, -0.2) is 9.37 Å². The fourth-order valence-electron chi connectivity index (χ4n) is 1.25. The van der Waals surface area contributed by atoms with Crippen LogP contribution < -0.4 is 4.74 Å². The molecule has 7 heteroatoms. The molecule has 0 atom stereocenters. The zero-order chi connectivity index (χ0) is 13.1. The van der Waals surface area contributed by atoms with Gasteiger partial charge in [0.05, 0.1) is 16.0 Å². The Hall–Kier alpha value is -2.21. The maximum Gasteiger partial charge on any atom is 0.314 e. The number of nitrogens with zero attached hydrogens (tertiary/aromatic N) is 2. The number of nitro benzene ring substituents is 1. The number of hydrogen-bond donors (Lipinski definition) is 0. The number of ether oxygens (including phenoxy) is 1. The van der Waals surface area contributed by atoms with Crippen LogP contribution in [0.3, 0.4) is 0 Å². The second-order valence-electron chi connectivity index (χ2n) is 3.29. The van der Waals surface area contributed by atoms with Crippen molar-refractivity contribution >= 4 is 17.3 Å². The highest BCUT2D eigenvalue weighted by Crippen LogP contribution is 2.31. The summed E-state index contributed by atoms with van der Waals surface area (Å²) < 4.78 is 18.1. The summed E-state index contributed by atoms with van der Waals surface area (Å²) in [7, 11) is 0. The minimum absolute atomic E-state index is 0.0868. The molecule has 0 N–H and O–H groups in total. The van der Waals surface area contributed by atoms with Gasteiger partial charge in [0.1, 0.15) is 5.82 Å². The quantitative estimate of drug-likeness (QED) is 0.630. The molecule has 0 aliphatic heterocycles. The summed E-state index contributed by atoms with van der Waals surface area (Å²) in [5.41, 5.74) is -0.466. The molecule has 0 amide bonds. The van der Waals surface area contributed by atoms with Gasteiger partial charge in [0.2, 0.25) is 11.6 Å². The minimum Gasteiger partial charge on any atom is -0.432 e. The third kappa shape index (κ3) is 2.72. The van der Waals surface area contributed by atoms with Gasteiger partial charge in [-0.15, -0.1) is 0 Å². The Morgan fingerprint density at radius 1 is 1.33 bits per heavy atom. The van der Waals surface area contributed by atoms with Gasteiger partial charge >= 0.3 is 5.69 Å². The molecule has 0 aliphatic carbocycles. The normalized spacial score (nSPS) is 10.1. The smallest absolute Gasteiger partial charge is 0.314 e. The summed E-state index contributed by atoms with van der Waals surface area (Å²) in [6, 6.07) is 6.00. The number of hydrogen-bond acceptors (Lipinski definition) is 4. The largest absolute Gasteiger partial charge is 0.432 e. The Morgan fingerprint density at radius 2 is 2.11 bits per heavy atom. The first-order valence-electron chi connectivity index (χ1n) is 4.79. The molecule has 5 nitrogen and oxygen atoms in total. The van der Waals surface area contributed by atoms with Crippen LogP contribution in [0.25, 0.3) is 0 Å². The molecule has 18 heavy (non-hydrogen) atoms. The van der Waals surface area contributed by atoms with Gasteiger partial charge in [-0.1, -0.05) is 11.6 Å². The van der Waals surface area contributed by atoms with Crippen molar-refractivity contribution in [3.63, 3.8) is 0 Å². The van der Waals surface area contributed by atoms with Crippen LogP contribution in [0, 0.1) is 15.9 Å². The van der Waals surface area contributed by atoms with E-state index in [-0.39, 0.29) is 11.6 Å². The highest BCUT2D eigenvalue weighted by Gasteiger charge is 2.17. The van der Waals surface area contributed by atoms with Gasteiger partial charge < -0.3 is 4.74 Å². The van der Waals surface area contributed by atoms with Crippen LogP contribution >= 0.6 is 11.6 Å². The first-order chi connectivity index (χ1) is 8.56. The maximum atomic E-state index is 12.9. The standard InChI is InChI=1S/C11H6ClFN2O3/c12-7-1-4-11(14-6-7)18-10-3-2-8(13)5-9(10)15(16)17/h1-6H. The molecule has 0 bridgehead atoms. The van der Waals surface area contributed by atoms with E-state index in [0.29, 0.717) is 5.02 Å². The average Bonchev–Trinajstić information content (AvgIpc) is 2.34. The van der Waals surface area contributed by atoms with Crippen LogP contribution in [-0.4, -0.2) is 9.91 Å². The Labute approximate surface area is 106 Å². The predicted octanol–water partition coefficient (Wildman–Crippen LogP) is 3.57. The maximum absolute atomic E-state index is 12.9. The van der Waals surface area contributed by atoms with E-state index < -0.39 is 16.4 Å². The second kappa shape index (κ2) is 4.97. The van der Waals surface area contributed by atoms with E-state index in [1.165, 1.54) is 24.4 Å². The fourth-order valence-corrected chi connectivity index (χ4v) is 1.37. The molecule has 1 heterocycles. The van der Waals surface area contributed by atoms with E-state index in [9.17, 15) is 14.5 Å². The van der Waals surface area contributed by atoms with E-state index in [2.05, 4.69) is 4.98 Å². The molecule has 0 unspecified atom stereocenters. The molecular weight excluding hydrogens is 263 g/mol. The summed E-state index contributed by atoms with van der Waals surface area (Å²) in [4.78, 5) is 13.8. The Bertz CT molecular complexity index is 589. The van der Waals surface area contributed by atoms with Crippen molar-refractivity contribution in [2.75, 3.05) is 0 Å².